The monoisotopic (exact) mass is 297 g/mol. The van der Waals surface area contributed by atoms with Crippen molar-refractivity contribution in [2.24, 2.45) is 41.5 Å². The normalized spacial score (nSPS) is 55.6. The minimum atomic E-state index is -0.162. The maximum absolute atomic E-state index is 12.7. The Hall–Kier alpha value is -1.98. The molecule has 2 aliphatic heterocycles. The summed E-state index contributed by atoms with van der Waals surface area (Å²) in [7, 11) is 3.33. The smallest absolute Gasteiger partial charge is 0.347 e. The van der Waals surface area contributed by atoms with Crippen molar-refractivity contribution < 1.29 is 4.74 Å². The van der Waals surface area contributed by atoms with Gasteiger partial charge < -0.3 is 4.74 Å². The van der Waals surface area contributed by atoms with E-state index in [0.717, 1.165) is 5.76 Å². The molecule has 2 spiro atoms. The van der Waals surface area contributed by atoms with Crippen LogP contribution in [0.4, 0.5) is 0 Å². The fourth-order valence-electron chi connectivity index (χ4n) is 7.68. The second-order valence-electron chi connectivity index (χ2n) is 7.81. The number of allylic oxidation sites excluding steroid dienone is 4. The predicted molar refractivity (Wildman–Crippen MR) is 75.1 cm³/mol. The highest BCUT2D eigenvalue weighted by Crippen LogP contribution is 3.04. The van der Waals surface area contributed by atoms with Gasteiger partial charge in [-0.3, -0.25) is 0 Å². The van der Waals surface area contributed by atoms with Crippen LogP contribution in [0.1, 0.15) is 12.1 Å². The summed E-state index contributed by atoms with van der Waals surface area (Å²) < 4.78 is 10.6. The fourth-order valence-corrected chi connectivity index (χ4v) is 7.68. The van der Waals surface area contributed by atoms with Gasteiger partial charge in [0.15, 0.2) is 0 Å². The third kappa shape index (κ3) is 0.591. The number of methoxy groups -OCH3 is 1. The Balaban J connectivity index is 1.67. The topological polar surface area (TPSA) is 58.2 Å². The summed E-state index contributed by atoms with van der Waals surface area (Å²) in [5.74, 6) is 3.42. The van der Waals surface area contributed by atoms with Crippen molar-refractivity contribution >= 4 is 0 Å². The standard InChI is InChI=1S/C16H15N3O3/c1-17-13(20)18-11-8-7-9(8)12(19(18)14(17)21)16-6(22-2)4-3-5-15(11,16)10(7)16/h3-5,7-12H,1-2H3/t7-,8-,9+,10+,11+,12+,15+,16-/m0/s1. The molecule has 6 heteroatoms. The second kappa shape index (κ2) is 2.47. The van der Waals surface area contributed by atoms with Crippen LogP contribution in [-0.2, 0) is 11.8 Å². The summed E-state index contributed by atoms with van der Waals surface area (Å²) in [6.07, 6.45) is 6.47. The minimum Gasteiger partial charge on any atom is -0.500 e. The third-order valence-electron chi connectivity index (χ3n) is 7.87. The predicted octanol–water partition coefficient (Wildman–Crippen LogP) is 0.0364. The Labute approximate surface area is 125 Å². The van der Waals surface area contributed by atoms with Crippen molar-refractivity contribution in [3.05, 3.63) is 45.0 Å². The fraction of sp³-hybridized carbons (Fsp3) is 0.625. The lowest BCUT2D eigenvalue weighted by atomic mass is 9.68. The van der Waals surface area contributed by atoms with Gasteiger partial charge >= 0.3 is 11.4 Å². The molecule has 0 radical (unpaired) electrons. The number of rotatable bonds is 1. The van der Waals surface area contributed by atoms with Gasteiger partial charge in [-0.2, -0.15) is 0 Å². The molecule has 0 N–H and O–H groups in total. The van der Waals surface area contributed by atoms with Crippen molar-refractivity contribution in [3.8, 4) is 0 Å². The summed E-state index contributed by atoms with van der Waals surface area (Å²) in [6.45, 7) is 0. The van der Waals surface area contributed by atoms with Gasteiger partial charge in [-0.25, -0.2) is 23.5 Å². The van der Waals surface area contributed by atoms with Crippen LogP contribution in [0.3, 0.4) is 0 Å². The van der Waals surface area contributed by atoms with E-state index in [1.165, 1.54) is 4.57 Å². The molecule has 4 fully saturated rings. The molecule has 2 bridgehead atoms. The lowest BCUT2D eigenvalue weighted by Gasteiger charge is -2.48. The van der Waals surface area contributed by atoms with E-state index in [-0.39, 0.29) is 34.3 Å². The Morgan fingerprint density at radius 2 is 1.77 bits per heavy atom. The van der Waals surface area contributed by atoms with Gasteiger partial charge in [0.1, 0.15) is 5.76 Å². The summed E-state index contributed by atoms with van der Waals surface area (Å²) in [5.41, 5.74) is -0.339. The van der Waals surface area contributed by atoms with Crippen molar-refractivity contribution in [1.82, 2.24) is 13.9 Å². The molecule has 0 unspecified atom stereocenters. The Morgan fingerprint density at radius 3 is 2.50 bits per heavy atom. The molecule has 3 heterocycles. The third-order valence-corrected chi connectivity index (χ3v) is 7.87. The molecule has 1 aromatic heterocycles. The number of nitrogens with zero attached hydrogens (tertiary/aromatic N) is 3. The highest BCUT2D eigenvalue weighted by molar-refractivity contribution is 5.59. The highest BCUT2D eigenvalue weighted by atomic mass is 16.5. The van der Waals surface area contributed by atoms with Gasteiger partial charge in [-0.05, 0) is 29.7 Å². The molecule has 1 aromatic rings. The zero-order valence-corrected chi connectivity index (χ0v) is 12.3. The van der Waals surface area contributed by atoms with E-state index in [2.05, 4.69) is 18.2 Å². The van der Waals surface area contributed by atoms with Crippen LogP contribution >= 0.6 is 0 Å². The molecular weight excluding hydrogens is 282 g/mol. The zero-order valence-electron chi connectivity index (χ0n) is 12.3. The molecule has 0 saturated heterocycles. The Kier molecular flexibility index (Phi) is 1.20. The van der Waals surface area contributed by atoms with Gasteiger partial charge in [0.05, 0.1) is 24.6 Å². The van der Waals surface area contributed by atoms with E-state index >= 15 is 0 Å². The van der Waals surface area contributed by atoms with Gasteiger partial charge in [-0.1, -0.05) is 12.2 Å². The van der Waals surface area contributed by atoms with Crippen LogP contribution in [-0.4, -0.2) is 21.0 Å². The molecule has 0 amide bonds. The van der Waals surface area contributed by atoms with E-state index in [1.54, 1.807) is 23.5 Å². The van der Waals surface area contributed by atoms with Crippen LogP contribution in [0, 0.1) is 34.5 Å². The van der Waals surface area contributed by atoms with E-state index in [9.17, 15) is 9.59 Å². The molecule has 5 aliphatic carbocycles. The molecule has 22 heavy (non-hydrogen) atoms. The molecule has 112 valence electrons. The SMILES string of the molecule is COC1=CC=C[C@@]23[C@H]4[C@H]5[C@H]6[C@@H]5[C@@H](n5c(=O)n(C)c(=O)n5[C@H]62)[C@]143. The van der Waals surface area contributed by atoms with Crippen molar-refractivity contribution in [3.63, 3.8) is 0 Å². The Morgan fingerprint density at radius 1 is 1.09 bits per heavy atom. The lowest BCUT2D eigenvalue weighted by molar-refractivity contribution is 0.0119. The molecule has 6 nitrogen and oxygen atoms in total. The first-order chi connectivity index (χ1) is 10.6. The minimum absolute atomic E-state index is 0.0272. The maximum atomic E-state index is 12.7. The average molecular weight is 297 g/mol. The number of hydrogen-bond acceptors (Lipinski definition) is 3. The summed E-state index contributed by atoms with van der Waals surface area (Å²) in [5, 5.41) is 0. The van der Waals surface area contributed by atoms with Gasteiger partial charge in [-0.15, -0.1) is 0 Å². The van der Waals surface area contributed by atoms with Crippen LogP contribution in [0.2, 0.25) is 0 Å². The first-order valence-electron chi connectivity index (χ1n) is 7.98. The van der Waals surface area contributed by atoms with E-state index in [1.807, 2.05) is 0 Å². The quantitative estimate of drug-likeness (QED) is 0.735. The van der Waals surface area contributed by atoms with Gasteiger partial charge in [0, 0.05) is 12.5 Å². The number of ether oxygens (including phenoxy) is 1. The zero-order chi connectivity index (χ0) is 14.8. The summed E-state index contributed by atoms with van der Waals surface area (Å²) in [4.78, 5) is 25.3. The largest absolute Gasteiger partial charge is 0.500 e. The van der Waals surface area contributed by atoms with Crippen molar-refractivity contribution in [1.29, 1.82) is 0 Å². The van der Waals surface area contributed by atoms with Crippen LogP contribution in [0.25, 0.3) is 0 Å². The van der Waals surface area contributed by atoms with Crippen LogP contribution in [0.15, 0.2) is 33.6 Å². The average Bonchev–Trinajstić information content (AvgIpc) is 3.31. The molecule has 4 saturated carbocycles. The number of hydrogen-bond donors (Lipinski definition) is 0. The Bertz CT molecular complexity index is 993. The summed E-state index contributed by atoms with van der Waals surface area (Å²) >= 11 is 0. The lowest BCUT2D eigenvalue weighted by Crippen LogP contribution is -2.53. The van der Waals surface area contributed by atoms with Crippen LogP contribution < -0.4 is 11.4 Å². The van der Waals surface area contributed by atoms with E-state index in [0.29, 0.717) is 23.7 Å². The van der Waals surface area contributed by atoms with E-state index in [4.69, 9.17) is 4.74 Å². The molecule has 7 aliphatic rings. The first-order valence-corrected chi connectivity index (χ1v) is 7.98. The van der Waals surface area contributed by atoms with Crippen LogP contribution in [0.5, 0.6) is 0 Å². The highest BCUT2D eigenvalue weighted by Gasteiger charge is 3.04. The van der Waals surface area contributed by atoms with E-state index < -0.39 is 0 Å². The van der Waals surface area contributed by atoms with Crippen molar-refractivity contribution in [2.75, 3.05) is 7.11 Å². The molecular formula is C16H15N3O3. The van der Waals surface area contributed by atoms with Gasteiger partial charge in [0.25, 0.3) is 0 Å². The molecule has 8 atom stereocenters. The van der Waals surface area contributed by atoms with Crippen molar-refractivity contribution in [2.45, 2.75) is 12.1 Å². The molecule has 8 rings (SSSR count). The first kappa shape index (κ1) is 10.7. The maximum Gasteiger partial charge on any atom is 0.347 e. The second-order valence-corrected chi connectivity index (χ2v) is 7.81. The number of aromatic nitrogens is 3. The molecule has 0 aromatic carbocycles. The van der Waals surface area contributed by atoms with Gasteiger partial charge in [0.2, 0.25) is 0 Å². The summed E-state index contributed by atoms with van der Waals surface area (Å²) in [6, 6.07) is 0.254.